The van der Waals surface area contributed by atoms with Crippen molar-refractivity contribution in [2.24, 2.45) is 17.6 Å². The van der Waals surface area contributed by atoms with Crippen LogP contribution in [-0.2, 0) is 32.9 Å². The molecule has 344 valence electrons. The minimum Gasteiger partial charge on any atom is -0.477 e. The first-order valence-electron chi connectivity index (χ1n) is 20.8. The summed E-state index contributed by atoms with van der Waals surface area (Å²) in [5.41, 5.74) is 5.47. The zero-order valence-corrected chi connectivity index (χ0v) is 35.0. The van der Waals surface area contributed by atoms with Crippen LogP contribution < -0.4 is 21.7 Å². The SMILES string of the molecule is CN(C)C1CCC(NC(=O)c2ccc(-c3ccc(CC(NC(=O)[C@H]4CC[C@H](CN)CC4)C(=O)Nc4ccc(-c5nc(C(F)(F)C(F)(F)C(=O)O)n[nH]5)cc4)cc3)c(C(F)(F)F)c2)CC1. The summed E-state index contributed by atoms with van der Waals surface area (Å²) in [7, 11) is 3.97. The van der Waals surface area contributed by atoms with Gasteiger partial charge in [-0.05, 0) is 131 Å². The van der Waals surface area contributed by atoms with Crippen LogP contribution in [0.3, 0.4) is 0 Å². The summed E-state index contributed by atoms with van der Waals surface area (Å²) in [5.74, 6) is -17.7. The van der Waals surface area contributed by atoms with Gasteiger partial charge < -0.3 is 31.7 Å². The average Bonchev–Trinajstić information content (AvgIpc) is 3.78. The summed E-state index contributed by atoms with van der Waals surface area (Å²) in [6, 6.07) is 13.8. The number of carboxylic acids is 1. The molecule has 3 amide bonds. The normalized spacial score (nSPS) is 20.0. The van der Waals surface area contributed by atoms with Crippen LogP contribution in [0.4, 0.5) is 36.4 Å². The Bertz CT molecular complexity index is 2290. The first-order chi connectivity index (χ1) is 30.2. The number of halogens is 7. The van der Waals surface area contributed by atoms with Crippen LogP contribution in [0.2, 0.25) is 0 Å². The van der Waals surface area contributed by atoms with E-state index in [4.69, 9.17) is 10.8 Å². The van der Waals surface area contributed by atoms with Gasteiger partial charge in [0.15, 0.2) is 5.82 Å². The molecule has 2 saturated carbocycles. The van der Waals surface area contributed by atoms with E-state index in [2.05, 4.69) is 36.0 Å². The second-order valence-electron chi connectivity index (χ2n) is 16.6. The largest absolute Gasteiger partial charge is 0.477 e. The topological polar surface area (TPSA) is 195 Å². The molecule has 2 fully saturated rings. The standard InChI is InChI=1S/C44H49F7N8O5/c1-59(2)32-18-16-31(17-19-32)53-38(61)29-13-20-33(34(22-29)44(49,50)51)26-7-3-24(4-8-26)21-35(55-37(60)28-9-5-25(23-52)6-10-28)39(62)54-30-14-11-27(12-15-30)36-56-40(58-57-36)42(45,46)43(47,48)41(63)64/h3-4,7-8,11-15,20,22,25,28,31-32,35H,5-6,9-10,16-19,21,23,52H2,1-2H3,(H,53,61)(H,54,62)(H,55,60)(H,63,64)(H,56,57,58)/t25-,28-,31?,32?,35?. The van der Waals surface area contributed by atoms with E-state index in [9.17, 15) is 49.9 Å². The summed E-state index contributed by atoms with van der Waals surface area (Å²) < 4.78 is 99.4. The Balaban J connectivity index is 1.17. The lowest BCUT2D eigenvalue weighted by molar-refractivity contribution is -0.231. The van der Waals surface area contributed by atoms with Gasteiger partial charge in [0.05, 0.1) is 5.56 Å². The number of carbonyl (C=O) groups excluding carboxylic acids is 3. The van der Waals surface area contributed by atoms with Gasteiger partial charge in [0, 0.05) is 41.2 Å². The molecule has 0 bridgehead atoms. The van der Waals surface area contributed by atoms with Crippen molar-refractivity contribution >= 4 is 29.4 Å². The Morgan fingerprint density at radius 3 is 2.05 bits per heavy atom. The van der Waals surface area contributed by atoms with E-state index in [1.165, 1.54) is 60.7 Å². The fourth-order valence-electron chi connectivity index (χ4n) is 8.14. The number of amides is 3. The molecular formula is C44H49F7N8O5. The van der Waals surface area contributed by atoms with E-state index in [1.807, 2.05) is 14.1 Å². The van der Waals surface area contributed by atoms with Crippen molar-refractivity contribution in [3.8, 4) is 22.5 Å². The van der Waals surface area contributed by atoms with Crippen molar-refractivity contribution in [1.29, 1.82) is 0 Å². The molecule has 4 aromatic rings. The van der Waals surface area contributed by atoms with Crippen molar-refractivity contribution in [3.63, 3.8) is 0 Å². The highest BCUT2D eigenvalue weighted by Gasteiger charge is 2.66. The van der Waals surface area contributed by atoms with Gasteiger partial charge in [-0.2, -0.15) is 35.8 Å². The molecular weight excluding hydrogens is 854 g/mol. The molecule has 0 saturated heterocycles. The Morgan fingerprint density at radius 2 is 1.47 bits per heavy atom. The fourth-order valence-corrected chi connectivity index (χ4v) is 8.14. The maximum atomic E-state index is 14.5. The van der Waals surface area contributed by atoms with Crippen LogP contribution in [0, 0.1) is 11.8 Å². The number of hydrogen-bond donors (Lipinski definition) is 6. The summed E-state index contributed by atoms with van der Waals surface area (Å²) in [6.45, 7) is 0.487. The number of carboxylic acid groups (broad SMARTS) is 1. The Labute approximate surface area is 363 Å². The van der Waals surface area contributed by atoms with Gasteiger partial charge in [0.25, 0.3) is 5.91 Å². The molecule has 20 heteroatoms. The van der Waals surface area contributed by atoms with E-state index in [0.29, 0.717) is 43.8 Å². The number of anilines is 1. The lowest BCUT2D eigenvalue weighted by Crippen LogP contribution is -2.48. The van der Waals surface area contributed by atoms with Crippen LogP contribution >= 0.6 is 0 Å². The molecule has 6 rings (SSSR count). The van der Waals surface area contributed by atoms with Gasteiger partial charge in [-0.1, -0.05) is 30.3 Å². The highest BCUT2D eigenvalue weighted by atomic mass is 19.4. The van der Waals surface area contributed by atoms with E-state index >= 15 is 0 Å². The van der Waals surface area contributed by atoms with Gasteiger partial charge >= 0.3 is 24.0 Å². The number of alkyl halides is 7. The van der Waals surface area contributed by atoms with Crippen molar-refractivity contribution < 1.29 is 55.0 Å². The predicted molar refractivity (Wildman–Crippen MR) is 221 cm³/mol. The summed E-state index contributed by atoms with van der Waals surface area (Å²) in [6.07, 6.45) is 0.858. The first kappa shape index (κ1) is 47.6. The third-order valence-corrected chi connectivity index (χ3v) is 12.1. The molecule has 1 aromatic heterocycles. The number of benzene rings is 3. The first-order valence-corrected chi connectivity index (χ1v) is 20.8. The number of rotatable bonds is 15. The van der Waals surface area contributed by atoms with Crippen LogP contribution in [0.25, 0.3) is 22.5 Å². The van der Waals surface area contributed by atoms with Gasteiger partial charge in [0.1, 0.15) is 6.04 Å². The van der Waals surface area contributed by atoms with E-state index in [0.717, 1.165) is 31.7 Å². The molecule has 0 spiro atoms. The van der Waals surface area contributed by atoms with Crippen LogP contribution in [0.5, 0.6) is 0 Å². The molecule has 1 unspecified atom stereocenters. The Hall–Kier alpha value is -5.89. The van der Waals surface area contributed by atoms with Crippen LogP contribution in [0.1, 0.15) is 78.7 Å². The number of hydrogen-bond acceptors (Lipinski definition) is 8. The van der Waals surface area contributed by atoms with Gasteiger partial charge in [-0.15, -0.1) is 0 Å². The van der Waals surface area contributed by atoms with Crippen molar-refractivity contribution in [2.45, 2.75) is 93.9 Å². The number of aromatic nitrogens is 3. The molecule has 0 radical (unpaired) electrons. The van der Waals surface area contributed by atoms with Gasteiger partial charge in [-0.25, -0.2) is 9.78 Å². The quantitative estimate of drug-likeness (QED) is 0.0681. The molecule has 13 nitrogen and oxygen atoms in total. The lowest BCUT2D eigenvalue weighted by Gasteiger charge is -2.33. The molecule has 1 atom stereocenters. The second kappa shape index (κ2) is 19.5. The van der Waals surface area contributed by atoms with Crippen molar-refractivity contribution in [1.82, 2.24) is 30.7 Å². The fraction of sp³-hybridized carbons (Fsp3) is 0.455. The number of nitrogens with zero attached hydrogens (tertiary/aromatic N) is 3. The predicted octanol–water partition coefficient (Wildman–Crippen LogP) is 7.00. The zero-order chi connectivity index (χ0) is 46.6. The summed E-state index contributed by atoms with van der Waals surface area (Å²) in [5, 5.41) is 22.1. The highest BCUT2D eigenvalue weighted by Crippen LogP contribution is 2.42. The molecule has 2 aliphatic rings. The molecule has 64 heavy (non-hydrogen) atoms. The number of carbonyl (C=O) groups is 4. The number of nitrogens with one attached hydrogen (secondary N) is 4. The van der Waals surface area contributed by atoms with E-state index in [-0.39, 0.29) is 52.2 Å². The van der Waals surface area contributed by atoms with Gasteiger partial charge in [-0.3, -0.25) is 19.5 Å². The molecule has 0 aliphatic heterocycles. The average molecular weight is 903 g/mol. The monoisotopic (exact) mass is 902 g/mol. The molecule has 1 heterocycles. The van der Waals surface area contributed by atoms with E-state index in [1.54, 1.807) is 0 Å². The number of H-pyrrole nitrogens is 1. The Kier molecular flexibility index (Phi) is 14.5. The number of nitrogens with two attached hydrogens (primary N) is 1. The smallest absolute Gasteiger partial charge is 0.417 e. The third-order valence-electron chi connectivity index (χ3n) is 12.1. The van der Waals surface area contributed by atoms with E-state index < -0.39 is 65.0 Å². The molecule has 7 N–H and O–H groups in total. The van der Waals surface area contributed by atoms with Crippen LogP contribution in [-0.4, -0.2) is 93.6 Å². The zero-order valence-electron chi connectivity index (χ0n) is 35.0. The molecule has 3 aromatic carbocycles. The second-order valence-corrected chi connectivity index (χ2v) is 16.6. The lowest BCUT2D eigenvalue weighted by atomic mass is 9.81. The summed E-state index contributed by atoms with van der Waals surface area (Å²) >= 11 is 0. The number of aliphatic carboxylic acids is 1. The van der Waals surface area contributed by atoms with Gasteiger partial charge in [0.2, 0.25) is 17.6 Å². The van der Waals surface area contributed by atoms with Crippen LogP contribution in [0.15, 0.2) is 66.7 Å². The minimum absolute atomic E-state index is 0.0636. The number of aromatic amines is 1. The minimum atomic E-state index is -5.49. The Morgan fingerprint density at radius 1 is 0.844 bits per heavy atom. The maximum absolute atomic E-state index is 14.5. The van der Waals surface area contributed by atoms with Crippen molar-refractivity contribution in [3.05, 3.63) is 89.2 Å². The maximum Gasteiger partial charge on any atom is 0.417 e. The summed E-state index contributed by atoms with van der Waals surface area (Å²) in [4.78, 5) is 56.7. The highest BCUT2D eigenvalue weighted by molar-refractivity contribution is 5.98. The van der Waals surface area contributed by atoms with Crippen molar-refractivity contribution in [2.75, 3.05) is 26.0 Å². The molecule has 2 aliphatic carbocycles. The third kappa shape index (κ3) is 10.9.